The highest BCUT2D eigenvalue weighted by molar-refractivity contribution is 6.45. The van der Waals surface area contributed by atoms with Crippen LogP contribution in [-0.4, -0.2) is 35.1 Å². The van der Waals surface area contributed by atoms with E-state index in [0.717, 1.165) is 29.9 Å². The average Bonchev–Trinajstić information content (AvgIpc) is 3.13. The first kappa shape index (κ1) is 16.3. The Balaban J connectivity index is 1.66. The zero-order chi connectivity index (χ0) is 18.1. The Morgan fingerprint density at radius 1 is 1.12 bits per heavy atom. The molecule has 0 fully saturated rings. The number of anilines is 2. The number of carbonyl (C=O) groups excluding carboxylic acids is 2. The van der Waals surface area contributed by atoms with Crippen molar-refractivity contribution in [3.05, 3.63) is 54.4 Å². The number of pyridine rings is 1. The first-order chi connectivity index (χ1) is 12.6. The number of aryl methyl sites for hydroxylation is 1. The zero-order valence-corrected chi connectivity index (χ0v) is 14.2. The highest BCUT2D eigenvalue weighted by Gasteiger charge is 2.37. The summed E-state index contributed by atoms with van der Waals surface area (Å²) in [4.78, 5) is 31.1. The predicted octanol–water partition coefficient (Wildman–Crippen LogP) is 1.48. The Hall–Kier alpha value is -3.22. The van der Waals surface area contributed by atoms with E-state index in [1.54, 1.807) is 16.1 Å². The third-order valence-corrected chi connectivity index (χ3v) is 4.70. The van der Waals surface area contributed by atoms with E-state index in [1.165, 1.54) is 0 Å². The van der Waals surface area contributed by atoms with Crippen LogP contribution < -0.4 is 15.6 Å². The summed E-state index contributed by atoms with van der Waals surface area (Å²) >= 11 is 0. The number of hydrogen-bond donors (Lipinski definition) is 1. The van der Waals surface area contributed by atoms with Crippen molar-refractivity contribution in [3.63, 3.8) is 0 Å². The average molecular weight is 349 g/mol. The molecule has 2 aromatic rings. The van der Waals surface area contributed by atoms with Gasteiger partial charge in [-0.1, -0.05) is 18.2 Å². The van der Waals surface area contributed by atoms with Gasteiger partial charge in [-0.3, -0.25) is 19.6 Å². The summed E-state index contributed by atoms with van der Waals surface area (Å²) in [6.07, 6.45) is 3.65. The van der Waals surface area contributed by atoms with E-state index in [2.05, 4.69) is 10.1 Å². The van der Waals surface area contributed by atoms with Gasteiger partial charge in [0, 0.05) is 19.2 Å². The molecule has 4 rings (SSSR count). The van der Waals surface area contributed by atoms with Gasteiger partial charge in [0.2, 0.25) is 5.91 Å². The first-order valence-corrected chi connectivity index (χ1v) is 8.62. The molecule has 3 heterocycles. The van der Waals surface area contributed by atoms with Crippen LogP contribution in [0.2, 0.25) is 0 Å². The fraction of sp³-hybridized carbons (Fsp3) is 0.263. The highest BCUT2D eigenvalue weighted by atomic mass is 16.2. The number of carbonyl (C=O) groups is 2. The van der Waals surface area contributed by atoms with Gasteiger partial charge in [-0.25, -0.2) is 0 Å². The summed E-state index contributed by atoms with van der Waals surface area (Å²) in [5, 5.41) is 5.99. The predicted molar refractivity (Wildman–Crippen MR) is 98.9 cm³/mol. The van der Waals surface area contributed by atoms with Crippen molar-refractivity contribution in [3.8, 4) is 0 Å². The highest BCUT2D eigenvalue weighted by Crippen LogP contribution is 2.28. The van der Waals surface area contributed by atoms with Crippen molar-refractivity contribution in [2.45, 2.75) is 25.3 Å². The molecule has 2 aliphatic rings. The molecule has 26 heavy (non-hydrogen) atoms. The van der Waals surface area contributed by atoms with Crippen molar-refractivity contribution in [1.29, 1.82) is 0 Å². The van der Waals surface area contributed by atoms with Crippen LogP contribution in [0.1, 0.15) is 18.5 Å². The fourth-order valence-corrected chi connectivity index (χ4v) is 3.44. The molecular weight excluding hydrogens is 330 g/mol. The van der Waals surface area contributed by atoms with Crippen molar-refractivity contribution in [1.82, 2.24) is 4.98 Å². The molecule has 2 amide bonds. The van der Waals surface area contributed by atoms with Gasteiger partial charge < -0.3 is 10.6 Å². The summed E-state index contributed by atoms with van der Waals surface area (Å²) in [5.41, 5.74) is 8.37. The van der Waals surface area contributed by atoms with Crippen molar-refractivity contribution in [2.24, 2.45) is 10.8 Å². The van der Waals surface area contributed by atoms with Crippen LogP contribution in [-0.2, 0) is 16.0 Å². The molecule has 0 unspecified atom stereocenters. The Kier molecular flexibility index (Phi) is 4.12. The van der Waals surface area contributed by atoms with Crippen LogP contribution in [0.5, 0.6) is 0 Å². The maximum absolute atomic E-state index is 13.1. The van der Waals surface area contributed by atoms with Gasteiger partial charge in [0.05, 0.1) is 17.1 Å². The number of para-hydroxylation sites is 1. The third-order valence-electron chi connectivity index (χ3n) is 4.70. The molecule has 2 N–H and O–H groups in total. The second kappa shape index (κ2) is 6.59. The number of rotatable bonds is 3. The van der Waals surface area contributed by atoms with Gasteiger partial charge in [-0.05, 0) is 37.1 Å². The van der Waals surface area contributed by atoms with Crippen LogP contribution in [0.15, 0.2) is 53.8 Å². The standard InChI is InChI=1S/C19H19N5O2/c20-18(25)17-12-15(22-24(17)13-6-2-1-3-7-13)19(26)23-11-5-8-14-16(23)9-4-10-21-14/h1-4,6-7,9-10,17H,5,8,11-12H2,(H2,20,25)/t17-/m1/s1. The molecule has 0 saturated carbocycles. The van der Waals surface area contributed by atoms with E-state index in [1.807, 2.05) is 42.5 Å². The zero-order valence-electron chi connectivity index (χ0n) is 14.2. The number of hydrogen-bond acceptors (Lipinski definition) is 5. The van der Waals surface area contributed by atoms with Crippen LogP contribution in [0.25, 0.3) is 0 Å². The van der Waals surface area contributed by atoms with E-state index in [-0.39, 0.29) is 12.3 Å². The number of amides is 2. The topological polar surface area (TPSA) is 91.9 Å². The van der Waals surface area contributed by atoms with Crippen molar-refractivity contribution >= 4 is 28.9 Å². The first-order valence-electron chi connectivity index (χ1n) is 8.62. The molecule has 7 nitrogen and oxygen atoms in total. The number of hydrazone groups is 1. The summed E-state index contributed by atoms with van der Waals surface area (Å²) in [6.45, 7) is 0.614. The quantitative estimate of drug-likeness (QED) is 0.908. The van der Waals surface area contributed by atoms with Crippen LogP contribution >= 0.6 is 0 Å². The summed E-state index contributed by atoms with van der Waals surface area (Å²) in [6, 6.07) is 12.3. The van der Waals surface area contributed by atoms with Crippen molar-refractivity contribution in [2.75, 3.05) is 16.5 Å². The lowest BCUT2D eigenvalue weighted by atomic mass is 10.0. The number of primary amides is 1. The van der Waals surface area contributed by atoms with Crippen molar-refractivity contribution < 1.29 is 9.59 Å². The molecule has 132 valence electrons. The lowest BCUT2D eigenvalue weighted by Crippen LogP contribution is -2.42. The van der Waals surface area contributed by atoms with Gasteiger partial charge in [-0.15, -0.1) is 0 Å². The molecule has 0 bridgehead atoms. The Bertz CT molecular complexity index is 881. The Morgan fingerprint density at radius 3 is 2.69 bits per heavy atom. The molecular formula is C19H19N5O2. The molecule has 1 aromatic carbocycles. The number of nitrogens with two attached hydrogens (primary N) is 1. The lowest BCUT2D eigenvalue weighted by Gasteiger charge is -2.28. The second-order valence-corrected chi connectivity index (χ2v) is 6.38. The number of benzene rings is 1. The molecule has 2 aliphatic heterocycles. The largest absolute Gasteiger partial charge is 0.368 e. The molecule has 0 saturated heterocycles. The van der Waals surface area contributed by atoms with E-state index >= 15 is 0 Å². The van der Waals surface area contributed by atoms with Gasteiger partial charge in [0.15, 0.2) is 0 Å². The minimum absolute atomic E-state index is 0.191. The van der Waals surface area contributed by atoms with E-state index < -0.39 is 11.9 Å². The SMILES string of the molecule is NC(=O)[C@H]1CC(C(=O)N2CCCc3ncccc32)=NN1c1ccccc1. The summed E-state index contributed by atoms with van der Waals surface area (Å²) in [7, 11) is 0. The van der Waals surface area contributed by atoms with Crippen LogP contribution in [0, 0.1) is 0 Å². The van der Waals surface area contributed by atoms with Crippen LogP contribution in [0.3, 0.4) is 0 Å². The van der Waals surface area contributed by atoms with Gasteiger partial charge >= 0.3 is 0 Å². The Labute approximate surface area is 151 Å². The van der Waals surface area contributed by atoms with Gasteiger partial charge in [0.25, 0.3) is 5.91 Å². The molecule has 0 radical (unpaired) electrons. The molecule has 1 atom stereocenters. The fourth-order valence-electron chi connectivity index (χ4n) is 3.44. The van der Waals surface area contributed by atoms with Crippen LogP contribution in [0.4, 0.5) is 11.4 Å². The lowest BCUT2D eigenvalue weighted by molar-refractivity contribution is -0.119. The molecule has 0 spiro atoms. The monoisotopic (exact) mass is 349 g/mol. The Morgan fingerprint density at radius 2 is 1.92 bits per heavy atom. The number of nitrogens with zero attached hydrogens (tertiary/aromatic N) is 4. The minimum atomic E-state index is -0.658. The van der Waals surface area contributed by atoms with E-state index in [9.17, 15) is 9.59 Å². The second-order valence-electron chi connectivity index (χ2n) is 6.38. The van der Waals surface area contributed by atoms with E-state index in [0.29, 0.717) is 12.3 Å². The molecule has 0 aliphatic carbocycles. The van der Waals surface area contributed by atoms with E-state index in [4.69, 9.17) is 5.73 Å². The summed E-state index contributed by atoms with van der Waals surface area (Å²) < 4.78 is 0. The third kappa shape index (κ3) is 2.81. The molecule has 7 heteroatoms. The van der Waals surface area contributed by atoms with Gasteiger partial charge in [-0.2, -0.15) is 5.10 Å². The normalized spacial score (nSPS) is 19.1. The summed E-state index contributed by atoms with van der Waals surface area (Å²) in [5.74, 6) is -0.690. The van der Waals surface area contributed by atoms with Gasteiger partial charge in [0.1, 0.15) is 11.8 Å². The maximum Gasteiger partial charge on any atom is 0.274 e. The molecule has 1 aromatic heterocycles. The maximum atomic E-state index is 13.1. The smallest absolute Gasteiger partial charge is 0.274 e. The number of aromatic nitrogens is 1. The number of fused-ring (bicyclic) bond motifs is 1. The minimum Gasteiger partial charge on any atom is -0.368 e.